The first kappa shape index (κ1) is 20.0. The van der Waals surface area contributed by atoms with Crippen molar-refractivity contribution in [1.82, 2.24) is 15.1 Å². The fraction of sp³-hybridized carbons (Fsp3) is 0.273. The lowest BCUT2D eigenvalue weighted by molar-refractivity contribution is -0.137. The highest BCUT2D eigenvalue weighted by molar-refractivity contribution is 5.94. The number of hydrogen-bond donors (Lipinski definition) is 1. The molecule has 3 aromatic rings. The number of H-pyrrole nitrogens is 1. The summed E-state index contributed by atoms with van der Waals surface area (Å²) in [5.74, 6) is 0.442. The number of aromatic nitrogens is 2. The third-order valence-electron chi connectivity index (χ3n) is 5.15. The van der Waals surface area contributed by atoms with E-state index in [0.29, 0.717) is 24.4 Å². The molecule has 1 atom stereocenters. The Morgan fingerprint density at radius 2 is 1.87 bits per heavy atom. The highest BCUT2D eigenvalue weighted by Gasteiger charge is 2.31. The van der Waals surface area contributed by atoms with Gasteiger partial charge in [0.1, 0.15) is 11.5 Å². The first-order valence-electron chi connectivity index (χ1n) is 9.64. The molecule has 1 aromatic heterocycles. The summed E-state index contributed by atoms with van der Waals surface area (Å²) < 4.78 is 44.3. The van der Waals surface area contributed by atoms with Crippen LogP contribution < -0.4 is 4.74 Å². The SMILES string of the molecule is O=C(c1cccc(Oc2cccc(C(F)(F)F)c2)c1)N1CCCC(c2ccn[nH]2)C1. The van der Waals surface area contributed by atoms with E-state index in [1.54, 1.807) is 35.4 Å². The van der Waals surface area contributed by atoms with Crippen molar-refractivity contribution >= 4 is 5.91 Å². The van der Waals surface area contributed by atoms with E-state index in [-0.39, 0.29) is 17.6 Å². The topological polar surface area (TPSA) is 58.2 Å². The molecule has 1 N–H and O–H groups in total. The molecule has 0 radical (unpaired) electrons. The molecule has 8 heteroatoms. The molecule has 5 nitrogen and oxygen atoms in total. The highest BCUT2D eigenvalue weighted by Crippen LogP contribution is 2.33. The van der Waals surface area contributed by atoms with Crippen LogP contribution in [0.25, 0.3) is 0 Å². The Labute approximate surface area is 171 Å². The fourth-order valence-electron chi connectivity index (χ4n) is 3.66. The molecule has 1 aliphatic heterocycles. The van der Waals surface area contributed by atoms with Gasteiger partial charge < -0.3 is 9.64 Å². The van der Waals surface area contributed by atoms with Crippen LogP contribution in [-0.2, 0) is 6.18 Å². The number of alkyl halides is 3. The molecule has 4 rings (SSSR count). The van der Waals surface area contributed by atoms with E-state index >= 15 is 0 Å². The molecule has 1 aliphatic rings. The lowest BCUT2D eigenvalue weighted by atomic mass is 9.94. The van der Waals surface area contributed by atoms with Crippen LogP contribution in [0.15, 0.2) is 60.8 Å². The monoisotopic (exact) mass is 415 g/mol. The van der Waals surface area contributed by atoms with E-state index in [9.17, 15) is 18.0 Å². The van der Waals surface area contributed by atoms with Gasteiger partial charge in [-0.2, -0.15) is 18.3 Å². The number of nitrogens with zero attached hydrogens (tertiary/aromatic N) is 2. The Morgan fingerprint density at radius 1 is 1.10 bits per heavy atom. The predicted molar refractivity (Wildman–Crippen MR) is 104 cm³/mol. The van der Waals surface area contributed by atoms with Crippen molar-refractivity contribution in [3.05, 3.63) is 77.6 Å². The molecule has 0 saturated carbocycles. The maximum Gasteiger partial charge on any atom is 0.416 e. The molecule has 0 aliphatic carbocycles. The minimum absolute atomic E-state index is 0.0618. The quantitative estimate of drug-likeness (QED) is 0.634. The highest BCUT2D eigenvalue weighted by atomic mass is 19.4. The molecule has 0 spiro atoms. The average molecular weight is 415 g/mol. The number of piperidine rings is 1. The molecule has 1 unspecified atom stereocenters. The zero-order valence-corrected chi connectivity index (χ0v) is 16.0. The van der Waals surface area contributed by atoms with Gasteiger partial charge in [-0.05, 0) is 55.3 Å². The third kappa shape index (κ3) is 4.48. The van der Waals surface area contributed by atoms with Crippen LogP contribution >= 0.6 is 0 Å². The number of benzene rings is 2. The standard InChI is InChI=1S/C22H20F3N3O2/c23-22(24,25)17-6-2-8-19(13-17)30-18-7-1-4-15(12-18)21(29)28-11-3-5-16(14-28)20-9-10-26-27-20/h1-2,4,6-10,12-13,16H,3,5,11,14H2,(H,26,27). The summed E-state index contributed by atoms with van der Waals surface area (Å²) in [5.41, 5.74) is 0.657. The van der Waals surface area contributed by atoms with Crippen molar-refractivity contribution in [3.8, 4) is 11.5 Å². The number of amides is 1. The van der Waals surface area contributed by atoms with Gasteiger partial charge in [-0.1, -0.05) is 12.1 Å². The third-order valence-corrected chi connectivity index (χ3v) is 5.15. The Balaban J connectivity index is 1.48. The van der Waals surface area contributed by atoms with Gasteiger partial charge in [0.05, 0.1) is 5.56 Å². The van der Waals surface area contributed by atoms with Gasteiger partial charge in [0.15, 0.2) is 0 Å². The Kier molecular flexibility index (Phi) is 5.48. The maximum absolute atomic E-state index is 13.0. The van der Waals surface area contributed by atoms with Crippen LogP contribution in [0, 0.1) is 0 Å². The smallest absolute Gasteiger partial charge is 0.416 e. The zero-order chi connectivity index (χ0) is 21.1. The van der Waals surface area contributed by atoms with Crippen LogP contribution in [-0.4, -0.2) is 34.1 Å². The second-order valence-corrected chi connectivity index (χ2v) is 7.26. The molecular weight excluding hydrogens is 395 g/mol. The Hall–Kier alpha value is -3.29. The van der Waals surface area contributed by atoms with E-state index in [1.807, 2.05) is 6.07 Å². The average Bonchev–Trinajstić information content (AvgIpc) is 3.28. The van der Waals surface area contributed by atoms with Crippen molar-refractivity contribution in [2.75, 3.05) is 13.1 Å². The van der Waals surface area contributed by atoms with E-state index < -0.39 is 11.7 Å². The summed E-state index contributed by atoms with van der Waals surface area (Å²) in [6.45, 7) is 1.24. The summed E-state index contributed by atoms with van der Waals surface area (Å²) in [6.07, 6.45) is -0.887. The second kappa shape index (κ2) is 8.22. The molecule has 0 bridgehead atoms. The molecule has 1 amide bonds. The van der Waals surface area contributed by atoms with E-state index in [0.717, 1.165) is 30.7 Å². The number of rotatable bonds is 4. The Morgan fingerprint density at radius 3 is 2.60 bits per heavy atom. The number of hydrogen-bond acceptors (Lipinski definition) is 3. The second-order valence-electron chi connectivity index (χ2n) is 7.26. The molecular formula is C22H20F3N3O2. The number of ether oxygens (including phenoxy) is 1. The molecule has 156 valence electrons. The molecule has 1 fully saturated rings. The molecule has 2 heterocycles. The van der Waals surface area contributed by atoms with Gasteiger partial charge in [-0.15, -0.1) is 0 Å². The predicted octanol–water partition coefficient (Wildman–Crippen LogP) is 5.24. The lowest BCUT2D eigenvalue weighted by Crippen LogP contribution is -2.39. The van der Waals surface area contributed by atoms with Gasteiger partial charge in [0.25, 0.3) is 5.91 Å². The van der Waals surface area contributed by atoms with Crippen LogP contribution in [0.5, 0.6) is 11.5 Å². The van der Waals surface area contributed by atoms with Crippen molar-refractivity contribution in [2.24, 2.45) is 0 Å². The van der Waals surface area contributed by atoms with Crippen LogP contribution in [0.4, 0.5) is 13.2 Å². The van der Waals surface area contributed by atoms with E-state index in [4.69, 9.17) is 4.74 Å². The van der Waals surface area contributed by atoms with Crippen molar-refractivity contribution < 1.29 is 22.7 Å². The van der Waals surface area contributed by atoms with Crippen LogP contribution in [0.1, 0.15) is 40.4 Å². The van der Waals surface area contributed by atoms with Crippen molar-refractivity contribution in [3.63, 3.8) is 0 Å². The number of carbonyl (C=O) groups excluding carboxylic acids is 1. The summed E-state index contributed by atoms with van der Waals surface area (Å²) in [5, 5.41) is 6.95. The van der Waals surface area contributed by atoms with E-state index in [2.05, 4.69) is 10.2 Å². The first-order chi connectivity index (χ1) is 14.4. The van der Waals surface area contributed by atoms with Gasteiger partial charge in [0, 0.05) is 36.5 Å². The number of halogens is 3. The Bertz CT molecular complexity index is 1020. The summed E-state index contributed by atoms with van der Waals surface area (Å²) >= 11 is 0. The fourth-order valence-corrected chi connectivity index (χ4v) is 3.66. The molecule has 2 aromatic carbocycles. The van der Waals surface area contributed by atoms with Gasteiger partial charge in [-0.3, -0.25) is 9.89 Å². The van der Waals surface area contributed by atoms with Crippen LogP contribution in [0.3, 0.4) is 0 Å². The number of aromatic amines is 1. The zero-order valence-electron chi connectivity index (χ0n) is 16.0. The van der Waals surface area contributed by atoms with Gasteiger partial charge in [-0.25, -0.2) is 0 Å². The molecule has 30 heavy (non-hydrogen) atoms. The summed E-state index contributed by atoms with van der Waals surface area (Å²) in [6, 6.07) is 13.1. The summed E-state index contributed by atoms with van der Waals surface area (Å²) in [4.78, 5) is 14.8. The van der Waals surface area contributed by atoms with Crippen molar-refractivity contribution in [2.45, 2.75) is 24.9 Å². The minimum Gasteiger partial charge on any atom is -0.457 e. The normalized spacial score (nSPS) is 17.0. The molecule has 1 saturated heterocycles. The number of likely N-dealkylation sites (tertiary alicyclic amines) is 1. The lowest BCUT2D eigenvalue weighted by Gasteiger charge is -2.32. The van der Waals surface area contributed by atoms with Crippen LogP contribution in [0.2, 0.25) is 0 Å². The van der Waals surface area contributed by atoms with Gasteiger partial charge >= 0.3 is 6.18 Å². The van der Waals surface area contributed by atoms with Gasteiger partial charge in [0.2, 0.25) is 0 Å². The summed E-state index contributed by atoms with van der Waals surface area (Å²) in [7, 11) is 0. The van der Waals surface area contributed by atoms with E-state index in [1.165, 1.54) is 12.1 Å². The number of nitrogens with one attached hydrogen (secondary N) is 1. The minimum atomic E-state index is -4.45. The first-order valence-corrected chi connectivity index (χ1v) is 9.64. The maximum atomic E-state index is 13.0. The number of carbonyl (C=O) groups is 1. The van der Waals surface area contributed by atoms with Crippen molar-refractivity contribution in [1.29, 1.82) is 0 Å². The largest absolute Gasteiger partial charge is 0.457 e.